The van der Waals surface area contributed by atoms with Gasteiger partial charge >= 0.3 is 5.97 Å². The fourth-order valence-corrected chi connectivity index (χ4v) is 1.19. The molecular weight excluding hydrogens is 182 g/mol. The van der Waals surface area contributed by atoms with E-state index in [4.69, 9.17) is 10.8 Å². The SMILES string of the molecule is COC(=O)[C@](N)(CO)c1ccccc1. The van der Waals surface area contributed by atoms with E-state index in [1.165, 1.54) is 7.11 Å². The van der Waals surface area contributed by atoms with Gasteiger partial charge < -0.3 is 15.6 Å². The average Bonchev–Trinajstić information content (AvgIpc) is 2.28. The average molecular weight is 195 g/mol. The lowest BCUT2D eigenvalue weighted by Crippen LogP contribution is -2.48. The molecule has 1 atom stereocenters. The van der Waals surface area contributed by atoms with E-state index in [2.05, 4.69) is 4.74 Å². The lowest BCUT2D eigenvalue weighted by Gasteiger charge is -2.24. The molecule has 4 nitrogen and oxygen atoms in total. The number of carbonyl (C=O) groups is 1. The molecule has 0 saturated heterocycles. The fourth-order valence-electron chi connectivity index (χ4n) is 1.19. The Hall–Kier alpha value is -1.39. The Labute approximate surface area is 82.3 Å². The van der Waals surface area contributed by atoms with Crippen LogP contribution in [0.15, 0.2) is 30.3 Å². The third kappa shape index (κ3) is 1.76. The van der Waals surface area contributed by atoms with Crippen molar-refractivity contribution in [1.29, 1.82) is 0 Å². The first kappa shape index (κ1) is 10.7. The molecule has 0 aromatic heterocycles. The predicted octanol–water partition coefficient (Wildman–Crippen LogP) is 0.00590. The van der Waals surface area contributed by atoms with Crippen LogP contribution in [0, 0.1) is 0 Å². The van der Waals surface area contributed by atoms with E-state index in [9.17, 15) is 4.79 Å². The summed E-state index contributed by atoms with van der Waals surface area (Å²) in [5.74, 6) is -0.647. The van der Waals surface area contributed by atoms with Crippen molar-refractivity contribution in [3.8, 4) is 0 Å². The summed E-state index contributed by atoms with van der Waals surface area (Å²) in [6, 6.07) is 8.64. The van der Waals surface area contributed by atoms with Crippen molar-refractivity contribution >= 4 is 5.97 Å². The summed E-state index contributed by atoms with van der Waals surface area (Å²) in [7, 11) is 1.24. The maximum absolute atomic E-state index is 11.4. The van der Waals surface area contributed by atoms with E-state index in [0.717, 1.165) is 0 Å². The number of hydrogen-bond donors (Lipinski definition) is 2. The highest BCUT2D eigenvalue weighted by Gasteiger charge is 2.36. The molecule has 0 aliphatic heterocycles. The van der Waals surface area contributed by atoms with Crippen LogP contribution in [0.5, 0.6) is 0 Å². The summed E-state index contributed by atoms with van der Waals surface area (Å²) >= 11 is 0. The van der Waals surface area contributed by atoms with Crippen LogP contribution >= 0.6 is 0 Å². The standard InChI is InChI=1S/C10H13NO3/c1-14-9(13)10(11,7-12)8-5-3-2-4-6-8/h2-6,12H,7,11H2,1H3/t10-/m0/s1. The van der Waals surface area contributed by atoms with Crippen molar-refractivity contribution in [3.63, 3.8) is 0 Å². The Morgan fingerprint density at radius 1 is 1.50 bits per heavy atom. The minimum atomic E-state index is -1.46. The first-order valence-electron chi connectivity index (χ1n) is 4.19. The number of methoxy groups -OCH3 is 1. The lowest BCUT2D eigenvalue weighted by atomic mass is 9.92. The second kappa shape index (κ2) is 4.21. The van der Waals surface area contributed by atoms with Gasteiger partial charge in [-0.25, -0.2) is 4.79 Å². The van der Waals surface area contributed by atoms with Crippen LogP contribution in [-0.2, 0) is 15.1 Å². The zero-order chi connectivity index (χ0) is 10.6. The summed E-state index contributed by atoms with van der Waals surface area (Å²) in [5, 5.41) is 9.11. The number of nitrogens with two attached hydrogens (primary N) is 1. The van der Waals surface area contributed by atoms with Crippen LogP contribution in [0.25, 0.3) is 0 Å². The topological polar surface area (TPSA) is 72.5 Å². The molecule has 0 fully saturated rings. The minimum Gasteiger partial charge on any atom is -0.467 e. The molecule has 0 saturated carbocycles. The highest BCUT2D eigenvalue weighted by Crippen LogP contribution is 2.18. The van der Waals surface area contributed by atoms with Gasteiger partial charge in [0, 0.05) is 0 Å². The molecule has 0 aliphatic rings. The number of rotatable bonds is 3. The number of aliphatic hydroxyl groups is 1. The normalized spacial score (nSPS) is 14.5. The molecule has 14 heavy (non-hydrogen) atoms. The molecule has 0 spiro atoms. The van der Waals surface area contributed by atoms with Crippen LogP contribution < -0.4 is 5.73 Å². The number of ether oxygens (including phenoxy) is 1. The second-order valence-corrected chi connectivity index (χ2v) is 2.99. The van der Waals surface area contributed by atoms with Crippen molar-refractivity contribution in [2.45, 2.75) is 5.54 Å². The largest absolute Gasteiger partial charge is 0.467 e. The van der Waals surface area contributed by atoms with Crippen molar-refractivity contribution in [3.05, 3.63) is 35.9 Å². The van der Waals surface area contributed by atoms with Crippen LogP contribution in [-0.4, -0.2) is 24.8 Å². The molecule has 4 heteroatoms. The van der Waals surface area contributed by atoms with E-state index < -0.39 is 18.1 Å². The van der Waals surface area contributed by atoms with Crippen LogP contribution in [0.3, 0.4) is 0 Å². The highest BCUT2D eigenvalue weighted by molar-refractivity contribution is 5.82. The van der Waals surface area contributed by atoms with Crippen LogP contribution in [0.1, 0.15) is 5.56 Å². The summed E-state index contributed by atoms with van der Waals surface area (Å²) in [4.78, 5) is 11.4. The summed E-state index contributed by atoms with van der Waals surface area (Å²) in [6.07, 6.45) is 0. The summed E-state index contributed by atoms with van der Waals surface area (Å²) < 4.78 is 4.54. The van der Waals surface area contributed by atoms with E-state index in [0.29, 0.717) is 5.56 Å². The van der Waals surface area contributed by atoms with Crippen molar-refractivity contribution in [2.24, 2.45) is 5.73 Å². The zero-order valence-corrected chi connectivity index (χ0v) is 7.93. The first-order chi connectivity index (χ1) is 6.65. The molecule has 0 heterocycles. The minimum absolute atomic E-state index is 0.482. The van der Waals surface area contributed by atoms with Gasteiger partial charge in [0.1, 0.15) is 0 Å². The van der Waals surface area contributed by atoms with E-state index in [1.807, 2.05) is 0 Å². The molecule has 0 amide bonds. The second-order valence-electron chi connectivity index (χ2n) is 2.99. The third-order valence-corrected chi connectivity index (χ3v) is 2.09. The molecule has 1 rings (SSSR count). The molecule has 1 aromatic rings. The fraction of sp³-hybridized carbons (Fsp3) is 0.300. The van der Waals surface area contributed by atoms with Gasteiger partial charge in [-0.15, -0.1) is 0 Å². The number of esters is 1. The molecule has 3 N–H and O–H groups in total. The Morgan fingerprint density at radius 3 is 2.50 bits per heavy atom. The molecule has 0 radical (unpaired) electrons. The van der Waals surface area contributed by atoms with Crippen molar-refractivity contribution in [2.75, 3.05) is 13.7 Å². The van der Waals surface area contributed by atoms with Gasteiger partial charge in [0.2, 0.25) is 0 Å². The van der Waals surface area contributed by atoms with Crippen molar-refractivity contribution < 1.29 is 14.6 Å². The van der Waals surface area contributed by atoms with E-state index >= 15 is 0 Å². The molecule has 0 bridgehead atoms. The lowest BCUT2D eigenvalue weighted by molar-refractivity contribution is -0.149. The summed E-state index contributed by atoms with van der Waals surface area (Å²) in [5.41, 5.74) is 4.82. The number of carbonyl (C=O) groups excluding carboxylic acids is 1. The van der Waals surface area contributed by atoms with Gasteiger partial charge in [-0.2, -0.15) is 0 Å². The number of hydrogen-bond acceptors (Lipinski definition) is 4. The van der Waals surface area contributed by atoms with Gasteiger partial charge in [-0.05, 0) is 5.56 Å². The zero-order valence-electron chi connectivity index (χ0n) is 7.93. The van der Waals surface area contributed by atoms with Crippen LogP contribution in [0.4, 0.5) is 0 Å². The maximum Gasteiger partial charge on any atom is 0.332 e. The third-order valence-electron chi connectivity index (χ3n) is 2.09. The number of aliphatic hydroxyl groups excluding tert-OH is 1. The monoisotopic (exact) mass is 195 g/mol. The highest BCUT2D eigenvalue weighted by atomic mass is 16.5. The maximum atomic E-state index is 11.4. The Bertz CT molecular complexity index is 312. The molecule has 76 valence electrons. The quantitative estimate of drug-likeness (QED) is 0.666. The Kier molecular flexibility index (Phi) is 3.22. The van der Waals surface area contributed by atoms with E-state index in [1.54, 1.807) is 30.3 Å². The van der Waals surface area contributed by atoms with Gasteiger partial charge in [0.25, 0.3) is 0 Å². The van der Waals surface area contributed by atoms with Gasteiger partial charge in [0.15, 0.2) is 5.54 Å². The van der Waals surface area contributed by atoms with Crippen molar-refractivity contribution in [1.82, 2.24) is 0 Å². The molecule has 0 aliphatic carbocycles. The Morgan fingerprint density at radius 2 is 2.07 bits per heavy atom. The molecule has 1 aromatic carbocycles. The van der Waals surface area contributed by atoms with Crippen LogP contribution in [0.2, 0.25) is 0 Å². The number of benzene rings is 1. The molecular formula is C10H13NO3. The van der Waals surface area contributed by atoms with Gasteiger partial charge in [0.05, 0.1) is 13.7 Å². The van der Waals surface area contributed by atoms with E-state index in [-0.39, 0.29) is 0 Å². The predicted molar refractivity (Wildman–Crippen MR) is 51.4 cm³/mol. The smallest absolute Gasteiger partial charge is 0.332 e. The Balaban J connectivity index is 3.08. The molecule has 0 unspecified atom stereocenters. The first-order valence-corrected chi connectivity index (χ1v) is 4.19. The summed E-state index contributed by atoms with van der Waals surface area (Å²) in [6.45, 7) is -0.482. The van der Waals surface area contributed by atoms with Gasteiger partial charge in [-0.1, -0.05) is 30.3 Å². The van der Waals surface area contributed by atoms with Gasteiger partial charge in [-0.3, -0.25) is 0 Å².